The van der Waals surface area contributed by atoms with Gasteiger partial charge in [0.15, 0.2) is 0 Å². The van der Waals surface area contributed by atoms with Crippen LogP contribution in [-0.2, 0) is 0 Å². The number of benzene rings is 1. The van der Waals surface area contributed by atoms with E-state index in [1.165, 1.54) is 6.42 Å². The smallest absolute Gasteiger partial charge is 0.137 e. The van der Waals surface area contributed by atoms with Crippen molar-refractivity contribution in [1.29, 1.82) is 5.26 Å². The lowest BCUT2D eigenvalue weighted by molar-refractivity contribution is 0.0304. The van der Waals surface area contributed by atoms with Crippen LogP contribution in [0.2, 0.25) is 0 Å². The second kappa shape index (κ2) is 8.02. The number of hydrogen-bond donors (Lipinski definition) is 1. The van der Waals surface area contributed by atoms with Gasteiger partial charge in [-0.3, -0.25) is 0 Å². The van der Waals surface area contributed by atoms with Crippen molar-refractivity contribution in [1.82, 2.24) is 4.90 Å². The Labute approximate surface area is 127 Å². The number of rotatable bonds is 6. The molecule has 0 amide bonds. The molecule has 21 heavy (non-hydrogen) atoms. The summed E-state index contributed by atoms with van der Waals surface area (Å²) in [6.45, 7) is 1.49. The van der Waals surface area contributed by atoms with Gasteiger partial charge >= 0.3 is 0 Å². The van der Waals surface area contributed by atoms with Gasteiger partial charge in [-0.15, -0.1) is 0 Å². The van der Waals surface area contributed by atoms with Gasteiger partial charge in [0.25, 0.3) is 0 Å². The van der Waals surface area contributed by atoms with Crippen LogP contribution in [0, 0.1) is 11.3 Å². The van der Waals surface area contributed by atoms with E-state index in [1.807, 2.05) is 18.2 Å². The van der Waals surface area contributed by atoms with Gasteiger partial charge in [-0.25, -0.2) is 0 Å². The minimum Gasteiger partial charge on any atom is -0.492 e. The zero-order valence-corrected chi connectivity index (χ0v) is 12.7. The SMILES string of the molecule is CN(CCCOc1ccccc1C#N)C1CCCCC1O. The van der Waals surface area contributed by atoms with Crippen LogP contribution < -0.4 is 4.74 Å². The molecule has 1 aliphatic rings. The molecule has 1 N–H and O–H groups in total. The van der Waals surface area contributed by atoms with E-state index in [0.717, 1.165) is 32.2 Å². The number of likely N-dealkylation sites (N-methyl/N-ethyl adjacent to an activating group) is 1. The molecule has 0 bridgehead atoms. The van der Waals surface area contributed by atoms with Crippen molar-refractivity contribution >= 4 is 0 Å². The van der Waals surface area contributed by atoms with Crippen molar-refractivity contribution in [3.63, 3.8) is 0 Å². The molecule has 0 saturated heterocycles. The van der Waals surface area contributed by atoms with E-state index < -0.39 is 0 Å². The highest BCUT2D eigenvalue weighted by atomic mass is 16.5. The summed E-state index contributed by atoms with van der Waals surface area (Å²) >= 11 is 0. The van der Waals surface area contributed by atoms with Gasteiger partial charge in [-0.1, -0.05) is 25.0 Å². The lowest BCUT2D eigenvalue weighted by Gasteiger charge is -2.35. The Morgan fingerprint density at radius 3 is 2.86 bits per heavy atom. The maximum Gasteiger partial charge on any atom is 0.137 e. The highest BCUT2D eigenvalue weighted by Crippen LogP contribution is 2.22. The summed E-state index contributed by atoms with van der Waals surface area (Å²) in [5.41, 5.74) is 0.577. The number of hydrogen-bond acceptors (Lipinski definition) is 4. The second-order valence-corrected chi connectivity index (χ2v) is 5.71. The molecule has 0 aliphatic heterocycles. The molecule has 0 spiro atoms. The maximum absolute atomic E-state index is 10.0. The normalized spacial score (nSPS) is 22.0. The van der Waals surface area contributed by atoms with Crippen LogP contribution in [0.1, 0.15) is 37.7 Å². The van der Waals surface area contributed by atoms with Gasteiger partial charge in [0.2, 0.25) is 0 Å². The zero-order chi connectivity index (χ0) is 15.1. The monoisotopic (exact) mass is 288 g/mol. The molecule has 1 aromatic rings. The Hall–Kier alpha value is -1.57. The van der Waals surface area contributed by atoms with Crippen LogP contribution in [0.25, 0.3) is 0 Å². The fourth-order valence-corrected chi connectivity index (χ4v) is 2.95. The highest BCUT2D eigenvalue weighted by molar-refractivity contribution is 5.42. The molecule has 4 nitrogen and oxygen atoms in total. The molecule has 1 fully saturated rings. The first-order valence-corrected chi connectivity index (χ1v) is 7.72. The van der Waals surface area contributed by atoms with E-state index >= 15 is 0 Å². The van der Waals surface area contributed by atoms with Crippen LogP contribution in [0.3, 0.4) is 0 Å². The standard InChI is InChI=1S/C17H24N2O2/c1-19(15-8-3-4-9-16(15)20)11-6-12-21-17-10-5-2-7-14(17)13-18/h2,5,7,10,15-16,20H,3-4,6,8-9,11-12H2,1H3. The van der Waals surface area contributed by atoms with Crippen molar-refractivity contribution in [3.05, 3.63) is 29.8 Å². The number of para-hydroxylation sites is 1. The van der Waals surface area contributed by atoms with Crippen molar-refractivity contribution in [2.45, 2.75) is 44.2 Å². The Balaban J connectivity index is 1.73. The van der Waals surface area contributed by atoms with Gasteiger partial charge in [-0.05, 0) is 38.4 Å². The van der Waals surface area contributed by atoms with Gasteiger partial charge in [0.05, 0.1) is 18.3 Å². The molecule has 0 radical (unpaired) electrons. The summed E-state index contributed by atoms with van der Waals surface area (Å²) in [5.74, 6) is 0.653. The fourth-order valence-electron chi connectivity index (χ4n) is 2.95. The molecule has 2 atom stereocenters. The van der Waals surface area contributed by atoms with E-state index in [2.05, 4.69) is 18.0 Å². The number of aliphatic hydroxyl groups excluding tert-OH is 1. The second-order valence-electron chi connectivity index (χ2n) is 5.71. The van der Waals surface area contributed by atoms with Crippen LogP contribution in [0.15, 0.2) is 24.3 Å². The van der Waals surface area contributed by atoms with E-state index in [1.54, 1.807) is 6.07 Å². The minimum absolute atomic E-state index is 0.191. The zero-order valence-electron chi connectivity index (χ0n) is 12.7. The Morgan fingerprint density at radius 1 is 1.33 bits per heavy atom. The van der Waals surface area contributed by atoms with Crippen molar-refractivity contribution < 1.29 is 9.84 Å². The van der Waals surface area contributed by atoms with E-state index in [0.29, 0.717) is 17.9 Å². The third kappa shape index (κ3) is 4.45. The van der Waals surface area contributed by atoms with E-state index in [-0.39, 0.29) is 12.1 Å². The third-order valence-electron chi connectivity index (χ3n) is 4.18. The lowest BCUT2D eigenvalue weighted by atomic mass is 9.91. The van der Waals surface area contributed by atoms with Crippen molar-refractivity contribution in [2.24, 2.45) is 0 Å². The van der Waals surface area contributed by atoms with Gasteiger partial charge in [0, 0.05) is 12.6 Å². The molecule has 114 valence electrons. The topological polar surface area (TPSA) is 56.5 Å². The predicted molar refractivity (Wildman–Crippen MR) is 82.2 cm³/mol. The number of nitrogens with zero attached hydrogens (tertiary/aromatic N) is 2. The molecular formula is C17H24N2O2. The van der Waals surface area contributed by atoms with Crippen LogP contribution in [-0.4, -0.2) is 42.4 Å². The molecule has 4 heteroatoms. The van der Waals surface area contributed by atoms with Crippen molar-refractivity contribution in [3.8, 4) is 11.8 Å². The molecular weight excluding hydrogens is 264 g/mol. The van der Waals surface area contributed by atoms with Crippen LogP contribution in [0.5, 0.6) is 5.75 Å². The number of aliphatic hydroxyl groups is 1. The molecule has 1 aromatic carbocycles. The summed E-state index contributed by atoms with van der Waals surface area (Å²) in [6, 6.07) is 9.72. The van der Waals surface area contributed by atoms with Gasteiger partial charge in [-0.2, -0.15) is 5.26 Å². The molecule has 0 heterocycles. The summed E-state index contributed by atoms with van der Waals surface area (Å²) < 4.78 is 5.68. The minimum atomic E-state index is -0.191. The Morgan fingerprint density at radius 2 is 2.10 bits per heavy atom. The highest BCUT2D eigenvalue weighted by Gasteiger charge is 2.25. The molecule has 1 saturated carbocycles. The average molecular weight is 288 g/mol. The summed E-state index contributed by atoms with van der Waals surface area (Å²) in [6.07, 6.45) is 5.04. The first-order valence-electron chi connectivity index (χ1n) is 7.72. The molecule has 1 aliphatic carbocycles. The third-order valence-corrected chi connectivity index (χ3v) is 4.18. The van der Waals surface area contributed by atoms with Crippen LogP contribution in [0.4, 0.5) is 0 Å². The maximum atomic E-state index is 10.0. The summed E-state index contributed by atoms with van der Waals surface area (Å²) in [7, 11) is 2.07. The predicted octanol–water partition coefficient (Wildman–Crippen LogP) is 2.56. The fraction of sp³-hybridized carbons (Fsp3) is 0.588. The van der Waals surface area contributed by atoms with Crippen LogP contribution >= 0.6 is 0 Å². The van der Waals surface area contributed by atoms with Gasteiger partial charge in [0.1, 0.15) is 11.8 Å². The van der Waals surface area contributed by atoms with Gasteiger partial charge < -0.3 is 14.7 Å². The summed E-state index contributed by atoms with van der Waals surface area (Å²) in [5, 5.41) is 19.0. The number of ether oxygens (including phenoxy) is 1. The van der Waals surface area contributed by atoms with E-state index in [9.17, 15) is 5.11 Å². The Kier molecular flexibility index (Phi) is 6.04. The Bertz CT molecular complexity index is 484. The summed E-state index contributed by atoms with van der Waals surface area (Å²) in [4.78, 5) is 2.24. The average Bonchev–Trinajstić information content (AvgIpc) is 2.52. The lowest BCUT2D eigenvalue weighted by Crippen LogP contribution is -2.43. The number of nitriles is 1. The van der Waals surface area contributed by atoms with E-state index in [4.69, 9.17) is 10.00 Å². The van der Waals surface area contributed by atoms with Crippen molar-refractivity contribution in [2.75, 3.05) is 20.2 Å². The quantitative estimate of drug-likeness (QED) is 0.817. The first-order chi connectivity index (χ1) is 10.2. The molecule has 2 rings (SSSR count). The first kappa shape index (κ1) is 15.8. The molecule has 2 unspecified atom stereocenters. The largest absolute Gasteiger partial charge is 0.492 e. The molecule has 0 aromatic heterocycles.